The largest absolute Gasteiger partial charge is 0.497 e. The van der Waals surface area contributed by atoms with Crippen LogP contribution in [0.1, 0.15) is 36.8 Å². The Morgan fingerprint density at radius 3 is 2.29 bits per heavy atom. The minimum absolute atomic E-state index is 0.0104. The van der Waals surface area contributed by atoms with Crippen molar-refractivity contribution in [2.75, 3.05) is 26.8 Å². The summed E-state index contributed by atoms with van der Waals surface area (Å²) in [6.07, 6.45) is 1.50. The second-order valence-electron chi connectivity index (χ2n) is 7.84. The van der Waals surface area contributed by atoms with Gasteiger partial charge in [-0.15, -0.1) is 0 Å². The SMILES string of the molecule is COc1ccc(Cl)c(C(=O)NCCc2ccc(S(=O)(=O)NC(=O)c3ccc(C(=O)NCCO)nc3)cc2)c1. The van der Waals surface area contributed by atoms with Gasteiger partial charge in [0.05, 0.1) is 34.8 Å². The van der Waals surface area contributed by atoms with Gasteiger partial charge in [-0.25, -0.2) is 13.1 Å². The quantitative estimate of drug-likeness (QED) is 0.274. The Kier molecular flexibility index (Phi) is 9.77. The van der Waals surface area contributed by atoms with Gasteiger partial charge >= 0.3 is 0 Å². The summed E-state index contributed by atoms with van der Waals surface area (Å²) in [5.74, 6) is -1.33. The fourth-order valence-electron chi connectivity index (χ4n) is 3.22. The lowest BCUT2D eigenvalue weighted by Crippen LogP contribution is -2.31. The number of carbonyl (C=O) groups excluding carboxylic acids is 3. The van der Waals surface area contributed by atoms with Crippen molar-refractivity contribution in [3.05, 3.63) is 88.2 Å². The molecule has 200 valence electrons. The predicted molar refractivity (Wildman–Crippen MR) is 139 cm³/mol. The maximum atomic E-state index is 12.6. The number of hydrogen-bond acceptors (Lipinski definition) is 8. The molecule has 0 spiro atoms. The van der Waals surface area contributed by atoms with Crippen LogP contribution in [0, 0.1) is 0 Å². The number of nitrogens with one attached hydrogen (secondary N) is 3. The average molecular weight is 561 g/mol. The van der Waals surface area contributed by atoms with Gasteiger partial charge in [0.25, 0.3) is 27.7 Å². The summed E-state index contributed by atoms with van der Waals surface area (Å²) >= 11 is 6.08. The van der Waals surface area contributed by atoms with Crippen molar-refractivity contribution in [3.63, 3.8) is 0 Å². The monoisotopic (exact) mass is 560 g/mol. The molecule has 2 aromatic carbocycles. The van der Waals surface area contributed by atoms with Crippen molar-refractivity contribution in [2.24, 2.45) is 0 Å². The highest BCUT2D eigenvalue weighted by molar-refractivity contribution is 7.90. The standard InChI is InChI=1S/C25H25ClN4O7S/c1-37-18-5-8-21(26)20(14-18)24(33)27-11-10-16-2-6-19(7-3-16)38(35,36)30-23(32)17-4-9-22(29-15-17)25(34)28-12-13-31/h2-9,14-15,31H,10-13H2,1H3,(H,27,33)(H,28,34)(H,30,32). The lowest BCUT2D eigenvalue weighted by Gasteiger charge is -2.10. The molecule has 0 aliphatic heterocycles. The van der Waals surface area contributed by atoms with Crippen LogP contribution in [0.25, 0.3) is 0 Å². The highest BCUT2D eigenvalue weighted by Crippen LogP contribution is 2.21. The highest BCUT2D eigenvalue weighted by Gasteiger charge is 2.19. The van der Waals surface area contributed by atoms with E-state index in [4.69, 9.17) is 21.4 Å². The molecule has 0 saturated heterocycles. The van der Waals surface area contributed by atoms with Gasteiger partial charge in [0, 0.05) is 19.3 Å². The average Bonchev–Trinajstić information content (AvgIpc) is 2.92. The highest BCUT2D eigenvalue weighted by atomic mass is 35.5. The second kappa shape index (κ2) is 13.0. The molecule has 0 aliphatic carbocycles. The van der Waals surface area contributed by atoms with Crippen LogP contribution in [-0.2, 0) is 16.4 Å². The van der Waals surface area contributed by atoms with Gasteiger partial charge in [-0.2, -0.15) is 0 Å². The Balaban J connectivity index is 1.56. The normalized spacial score (nSPS) is 10.9. The van der Waals surface area contributed by atoms with E-state index in [0.29, 0.717) is 12.2 Å². The van der Waals surface area contributed by atoms with Gasteiger partial charge in [0.2, 0.25) is 0 Å². The smallest absolute Gasteiger partial charge is 0.269 e. The number of rotatable bonds is 11. The number of pyridine rings is 1. The predicted octanol–water partition coefficient (Wildman–Crippen LogP) is 1.56. The van der Waals surface area contributed by atoms with Crippen molar-refractivity contribution in [2.45, 2.75) is 11.3 Å². The number of benzene rings is 2. The first-order valence-corrected chi connectivity index (χ1v) is 13.1. The molecule has 1 heterocycles. The summed E-state index contributed by atoms with van der Waals surface area (Å²) in [6, 6.07) is 13.1. The Morgan fingerprint density at radius 1 is 0.947 bits per heavy atom. The lowest BCUT2D eigenvalue weighted by molar-refractivity contribution is 0.0934. The first-order valence-electron chi connectivity index (χ1n) is 11.3. The van der Waals surface area contributed by atoms with Crippen molar-refractivity contribution in [3.8, 4) is 5.75 Å². The molecule has 0 aliphatic rings. The summed E-state index contributed by atoms with van der Waals surface area (Å²) in [7, 11) is -2.69. The Bertz CT molecular complexity index is 1410. The summed E-state index contributed by atoms with van der Waals surface area (Å²) in [5, 5.41) is 14.2. The fraction of sp³-hybridized carbons (Fsp3) is 0.200. The third-order valence-corrected chi connectivity index (χ3v) is 6.91. The van der Waals surface area contributed by atoms with E-state index < -0.39 is 21.8 Å². The Labute approximate surface area is 224 Å². The van der Waals surface area contributed by atoms with Gasteiger partial charge in [-0.05, 0) is 54.4 Å². The number of nitrogens with zero attached hydrogens (tertiary/aromatic N) is 1. The van der Waals surface area contributed by atoms with E-state index in [1.54, 1.807) is 24.3 Å². The molecule has 0 bridgehead atoms. The van der Waals surface area contributed by atoms with Crippen LogP contribution in [0.2, 0.25) is 5.02 Å². The number of aliphatic hydroxyl groups is 1. The van der Waals surface area contributed by atoms with Crippen LogP contribution in [0.4, 0.5) is 0 Å². The molecule has 0 unspecified atom stereocenters. The molecule has 38 heavy (non-hydrogen) atoms. The minimum atomic E-state index is -4.17. The zero-order chi connectivity index (χ0) is 27.7. The van der Waals surface area contributed by atoms with Gasteiger partial charge in [0.15, 0.2) is 0 Å². The molecule has 11 nitrogen and oxygen atoms in total. The summed E-state index contributed by atoms with van der Waals surface area (Å²) in [5.41, 5.74) is 0.983. The van der Waals surface area contributed by atoms with Crippen LogP contribution >= 0.6 is 11.6 Å². The molecule has 0 atom stereocenters. The molecule has 4 N–H and O–H groups in total. The van der Waals surface area contributed by atoms with Crippen LogP contribution in [0.15, 0.2) is 65.7 Å². The van der Waals surface area contributed by atoms with Gasteiger partial charge < -0.3 is 20.5 Å². The summed E-state index contributed by atoms with van der Waals surface area (Å²) in [4.78, 5) is 40.4. The number of methoxy groups -OCH3 is 1. The van der Waals surface area contributed by atoms with E-state index in [9.17, 15) is 22.8 Å². The first-order chi connectivity index (χ1) is 18.1. The van der Waals surface area contributed by atoms with Crippen molar-refractivity contribution < 1.29 is 32.6 Å². The number of amides is 3. The fourth-order valence-corrected chi connectivity index (χ4v) is 4.40. The summed E-state index contributed by atoms with van der Waals surface area (Å²) in [6.45, 7) is 0.0874. The molecule has 13 heteroatoms. The van der Waals surface area contributed by atoms with E-state index in [0.717, 1.165) is 11.8 Å². The zero-order valence-electron chi connectivity index (χ0n) is 20.2. The molecule has 1 aromatic heterocycles. The molecule has 3 aromatic rings. The number of halogens is 1. The molecule has 0 fully saturated rings. The lowest BCUT2D eigenvalue weighted by atomic mass is 10.1. The Morgan fingerprint density at radius 2 is 1.66 bits per heavy atom. The first kappa shape index (κ1) is 28.6. The zero-order valence-corrected chi connectivity index (χ0v) is 21.8. The van der Waals surface area contributed by atoms with E-state index in [2.05, 4.69) is 15.6 Å². The maximum absolute atomic E-state index is 12.6. The maximum Gasteiger partial charge on any atom is 0.269 e. The van der Waals surface area contributed by atoms with Gasteiger partial charge in [0.1, 0.15) is 11.4 Å². The van der Waals surface area contributed by atoms with Crippen molar-refractivity contribution in [1.82, 2.24) is 20.3 Å². The van der Waals surface area contributed by atoms with Gasteiger partial charge in [-0.3, -0.25) is 19.4 Å². The minimum Gasteiger partial charge on any atom is -0.497 e. The van der Waals surface area contributed by atoms with Crippen LogP contribution in [-0.4, -0.2) is 63.0 Å². The topological polar surface area (TPSA) is 164 Å². The van der Waals surface area contributed by atoms with Crippen LogP contribution < -0.4 is 20.1 Å². The molecule has 0 radical (unpaired) electrons. The van der Waals surface area contributed by atoms with E-state index >= 15 is 0 Å². The third kappa shape index (κ3) is 7.51. The van der Waals surface area contributed by atoms with E-state index in [1.165, 1.54) is 37.4 Å². The summed E-state index contributed by atoms with van der Waals surface area (Å²) < 4.78 is 32.4. The molecular weight excluding hydrogens is 536 g/mol. The molecule has 3 rings (SSSR count). The van der Waals surface area contributed by atoms with Gasteiger partial charge in [-0.1, -0.05) is 23.7 Å². The number of aromatic nitrogens is 1. The second-order valence-corrected chi connectivity index (χ2v) is 9.93. The molecule has 3 amide bonds. The molecular formula is C25H25ClN4O7S. The van der Waals surface area contributed by atoms with Crippen molar-refractivity contribution >= 4 is 39.3 Å². The van der Waals surface area contributed by atoms with Crippen LogP contribution in [0.3, 0.4) is 0 Å². The van der Waals surface area contributed by atoms with E-state index in [1.807, 2.05) is 4.72 Å². The number of carbonyl (C=O) groups is 3. The number of hydrogen-bond donors (Lipinski definition) is 4. The Hall–Kier alpha value is -4.00. The number of ether oxygens (including phenoxy) is 1. The van der Waals surface area contributed by atoms with Crippen molar-refractivity contribution in [1.29, 1.82) is 0 Å². The van der Waals surface area contributed by atoms with E-state index in [-0.39, 0.29) is 52.3 Å². The number of aliphatic hydroxyl groups excluding tert-OH is 1. The molecule has 0 saturated carbocycles. The third-order valence-electron chi connectivity index (χ3n) is 5.23. The van der Waals surface area contributed by atoms with Crippen LogP contribution in [0.5, 0.6) is 5.75 Å². The number of sulfonamides is 1.